The molecule has 0 spiro atoms. The fraction of sp³-hybridized carbons (Fsp3) is 0.278. The first-order valence-electron chi connectivity index (χ1n) is 7.29. The molecule has 0 aliphatic rings. The van der Waals surface area contributed by atoms with Gasteiger partial charge >= 0.3 is 0 Å². The van der Waals surface area contributed by atoms with Crippen molar-refractivity contribution in [2.45, 2.75) is 13.5 Å². The molecule has 0 heterocycles. The second kappa shape index (κ2) is 8.08. The van der Waals surface area contributed by atoms with Crippen molar-refractivity contribution in [2.75, 3.05) is 20.8 Å². The first-order valence-corrected chi connectivity index (χ1v) is 7.29. The van der Waals surface area contributed by atoms with Crippen LogP contribution in [-0.2, 0) is 11.3 Å². The number of hydrogen-bond acceptors (Lipinski definition) is 4. The number of hydrogen-bond donors (Lipinski definition) is 1. The van der Waals surface area contributed by atoms with E-state index in [9.17, 15) is 4.79 Å². The number of aryl methyl sites for hydroxylation is 1. The smallest absolute Gasteiger partial charge is 0.258 e. The largest absolute Gasteiger partial charge is 0.497 e. The third kappa shape index (κ3) is 4.92. The number of carbonyl (C=O) groups is 1. The Morgan fingerprint density at radius 3 is 2.57 bits per heavy atom. The van der Waals surface area contributed by atoms with Gasteiger partial charge in [-0.2, -0.15) is 0 Å². The topological polar surface area (TPSA) is 56.8 Å². The highest BCUT2D eigenvalue weighted by Gasteiger charge is 2.08. The van der Waals surface area contributed by atoms with Gasteiger partial charge < -0.3 is 19.5 Å². The van der Waals surface area contributed by atoms with Crippen molar-refractivity contribution in [1.29, 1.82) is 0 Å². The molecule has 0 aliphatic carbocycles. The third-order valence-corrected chi connectivity index (χ3v) is 3.33. The van der Waals surface area contributed by atoms with E-state index in [1.165, 1.54) is 0 Å². The number of ether oxygens (including phenoxy) is 3. The lowest BCUT2D eigenvalue weighted by atomic mass is 10.2. The van der Waals surface area contributed by atoms with Crippen molar-refractivity contribution in [2.24, 2.45) is 0 Å². The van der Waals surface area contributed by atoms with Gasteiger partial charge in [-0.05, 0) is 36.8 Å². The molecule has 1 amide bonds. The summed E-state index contributed by atoms with van der Waals surface area (Å²) in [4.78, 5) is 11.9. The molecule has 0 bridgehead atoms. The Hall–Kier alpha value is -2.69. The molecule has 5 nitrogen and oxygen atoms in total. The molecule has 0 saturated heterocycles. The summed E-state index contributed by atoms with van der Waals surface area (Å²) in [6, 6.07) is 13.1. The van der Waals surface area contributed by atoms with Crippen LogP contribution in [0.4, 0.5) is 0 Å². The Bertz CT molecular complexity index is 670. The zero-order valence-electron chi connectivity index (χ0n) is 13.6. The average Bonchev–Trinajstić information content (AvgIpc) is 2.58. The Labute approximate surface area is 136 Å². The Morgan fingerprint density at radius 1 is 1.04 bits per heavy atom. The lowest BCUT2D eigenvalue weighted by molar-refractivity contribution is -0.123. The number of benzene rings is 2. The second-order valence-corrected chi connectivity index (χ2v) is 5.06. The average molecular weight is 315 g/mol. The van der Waals surface area contributed by atoms with Crippen molar-refractivity contribution < 1.29 is 19.0 Å². The van der Waals surface area contributed by atoms with Crippen molar-refractivity contribution in [1.82, 2.24) is 5.32 Å². The Balaban J connectivity index is 1.87. The number of methoxy groups -OCH3 is 2. The molecule has 0 atom stereocenters. The Kier molecular flexibility index (Phi) is 5.86. The summed E-state index contributed by atoms with van der Waals surface area (Å²) in [5.74, 6) is 1.87. The van der Waals surface area contributed by atoms with Crippen LogP contribution >= 0.6 is 0 Å². The summed E-state index contributed by atoms with van der Waals surface area (Å²) in [5.41, 5.74) is 1.96. The maximum absolute atomic E-state index is 11.9. The lowest BCUT2D eigenvalue weighted by Crippen LogP contribution is -2.28. The van der Waals surface area contributed by atoms with Gasteiger partial charge in [0.2, 0.25) is 0 Å². The minimum absolute atomic E-state index is 0.0259. The van der Waals surface area contributed by atoms with Gasteiger partial charge in [0.05, 0.1) is 14.2 Å². The van der Waals surface area contributed by atoms with Gasteiger partial charge in [0, 0.05) is 18.2 Å². The molecule has 0 unspecified atom stereocenters. The third-order valence-electron chi connectivity index (χ3n) is 3.33. The predicted octanol–water partition coefficient (Wildman–Crippen LogP) is 2.71. The monoisotopic (exact) mass is 315 g/mol. The van der Waals surface area contributed by atoms with Crippen LogP contribution in [0.1, 0.15) is 11.1 Å². The van der Waals surface area contributed by atoms with E-state index in [0.717, 1.165) is 11.1 Å². The summed E-state index contributed by atoms with van der Waals surface area (Å²) in [5, 5.41) is 2.81. The summed E-state index contributed by atoms with van der Waals surface area (Å²) >= 11 is 0. The van der Waals surface area contributed by atoms with Gasteiger partial charge in [0.25, 0.3) is 5.91 Å². The first-order chi connectivity index (χ1) is 11.1. The normalized spacial score (nSPS) is 10.0. The highest BCUT2D eigenvalue weighted by molar-refractivity contribution is 5.77. The van der Waals surface area contributed by atoms with Crippen molar-refractivity contribution in [3.63, 3.8) is 0 Å². The van der Waals surface area contributed by atoms with Crippen LogP contribution in [0, 0.1) is 6.92 Å². The fourth-order valence-electron chi connectivity index (χ4n) is 2.10. The van der Waals surface area contributed by atoms with Crippen LogP contribution in [0.2, 0.25) is 0 Å². The van der Waals surface area contributed by atoms with E-state index in [0.29, 0.717) is 23.8 Å². The minimum atomic E-state index is -0.190. The quantitative estimate of drug-likeness (QED) is 0.853. The van der Waals surface area contributed by atoms with Gasteiger partial charge in [0.15, 0.2) is 6.61 Å². The number of amides is 1. The van der Waals surface area contributed by atoms with E-state index < -0.39 is 0 Å². The van der Waals surface area contributed by atoms with E-state index in [1.807, 2.05) is 43.3 Å². The molecule has 0 fully saturated rings. The zero-order valence-corrected chi connectivity index (χ0v) is 13.6. The lowest BCUT2D eigenvalue weighted by Gasteiger charge is -2.12. The molecule has 1 N–H and O–H groups in total. The van der Waals surface area contributed by atoms with Crippen molar-refractivity contribution >= 4 is 5.91 Å². The van der Waals surface area contributed by atoms with E-state index in [2.05, 4.69) is 5.32 Å². The van der Waals surface area contributed by atoms with Crippen LogP contribution < -0.4 is 19.5 Å². The maximum atomic E-state index is 11.9. The van der Waals surface area contributed by atoms with Crippen LogP contribution in [0.3, 0.4) is 0 Å². The van der Waals surface area contributed by atoms with Gasteiger partial charge in [0.1, 0.15) is 17.2 Å². The van der Waals surface area contributed by atoms with Crippen molar-refractivity contribution in [3.05, 3.63) is 53.6 Å². The number of nitrogens with one attached hydrogen (secondary N) is 1. The fourth-order valence-corrected chi connectivity index (χ4v) is 2.10. The predicted molar refractivity (Wildman–Crippen MR) is 88.1 cm³/mol. The first kappa shape index (κ1) is 16.7. The van der Waals surface area contributed by atoms with E-state index in [-0.39, 0.29) is 12.5 Å². The van der Waals surface area contributed by atoms with Gasteiger partial charge in [-0.25, -0.2) is 0 Å². The second-order valence-electron chi connectivity index (χ2n) is 5.06. The van der Waals surface area contributed by atoms with Gasteiger partial charge in [-0.3, -0.25) is 4.79 Å². The van der Waals surface area contributed by atoms with Crippen LogP contribution in [0.15, 0.2) is 42.5 Å². The summed E-state index contributed by atoms with van der Waals surface area (Å²) < 4.78 is 15.9. The van der Waals surface area contributed by atoms with E-state index in [1.54, 1.807) is 20.3 Å². The molecule has 2 aromatic rings. The molecule has 0 radical (unpaired) electrons. The Morgan fingerprint density at radius 2 is 1.87 bits per heavy atom. The molecule has 0 aliphatic heterocycles. The highest BCUT2D eigenvalue weighted by atomic mass is 16.5. The van der Waals surface area contributed by atoms with Crippen LogP contribution in [0.25, 0.3) is 0 Å². The molecule has 0 aromatic heterocycles. The van der Waals surface area contributed by atoms with E-state index >= 15 is 0 Å². The number of carbonyl (C=O) groups excluding carboxylic acids is 1. The molecule has 5 heteroatoms. The standard InChI is InChI=1S/C18H21NO4/c1-13-5-4-6-16(9-13)23-12-18(20)19-11-14-7-8-15(21-2)10-17(14)22-3/h4-10H,11-12H2,1-3H3,(H,19,20). The molecule has 23 heavy (non-hydrogen) atoms. The van der Waals surface area contributed by atoms with Gasteiger partial charge in [-0.1, -0.05) is 12.1 Å². The van der Waals surface area contributed by atoms with Gasteiger partial charge in [-0.15, -0.1) is 0 Å². The van der Waals surface area contributed by atoms with Crippen molar-refractivity contribution in [3.8, 4) is 17.2 Å². The number of rotatable bonds is 7. The van der Waals surface area contributed by atoms with E-state index in [4.69, 9.17) is 14.2 Å². The molecule has 2 rings (SSSR count). The zero-order chi connectivity index (χ0) is 16.7. The summed E-state index contributed by atoms with van der Waals surface area (Å²) in [6.45, 7) is 2.31. The summed E-state index contributed by atoms with van der Waals surface area (Å²) in [6.07, 6.45) is 0. The summed E-state index contributed by atoms with van der Waals surface area (Å²) in [7, 11) is 3.18. The molecule has 0 saturated carbocycles. The highest BCUT2D eigenvalue weighted by Crippen LogP contribution is 2.24. The minimum Gasteiger partial charge on any atom is -0.497 e. The SMILES string of the molecule is COc1ccc(CNC(=O)COc2cccc(C)c2)c(OC)c1. The molecular weight excluding hydrogens is 294 g/mol. The van der Waals surface area contributed by atoms with Crippen LogP contribution in [0.5, 0.6) is 17.2 Å². The van der Waals surface area contributed by atoms with Crippen LogP contribution in [-0.4, -0.2) is 26.7 Å². The molecule has 2 aromatic carbocycles. The maximum Gasteiger partial charge on any atom is 0.258 e. The molecular formula is C18H21NO4. The molecule has 122 valence electrons.